The van der Waals surface area contributed by atoms with E-state index in [1.54, 1.807) is 4.90 Å². The smallest absolute Gasteiger partial charge is 0.240 e. The second-order valence-electron chi connectivity index (χ2n) is 9.15. The van der Waals surface area contributed by atoms with E-state index in [-0.39, 0.29) is 17.9 Å². The molecule has 5 fully saturated rings. The molecule has 0 aliphatic heterocycles. The summed E-state index contributed by atoms with van der Waals surface area (Å²) in [4.78, 5) is 26.0. The maximum Gasteiger partial charge on any atom is 0.240 e. The van der Waals surface area contributed by atoms with Crippen LogP contribution in [0.1, 0.15) is 51.4 Å². The Kier molecular flexibility index (Phi) is 3.69. The van der Waals surface area contributed by atoms with Gasteiger partial charge in [0.15, 0.2) is 0 Å². The van der Waals surface area contributed by atoms with Gasteiger partial charge in [-0.1, -0.05) is 0 Å². The van der Waals surface area contributed by atoms with Crippen molar-refractivity contribution in [3.8, 4) is 0 Å². The fraction of sp³-hybridized carbons (Fsp3) is 0.889. The Morgan fingerprint density at radius 2 is 1.79 bits per heavy atom. The molecule has 3 unspecified atom stereocenters. The first-order valence-corrected chi connectivity index (χ1v) is 9.34. The third-order valence-corrected chi connectivity index (χ3v) is 6.84. The summed E-state index contributed by atoms with van der Waals surface area (Å²) >= 11 is 0. The standard InChI is InChI=1S/C18H29N3O3/c19-14(22)9-21(8-11-1-2-11)16(23)15(20)17-4-12-3-13(5-17)7-18(24,6-12)10-17/h11-13,15,24H,1-10,20H2,(H2,19,22). The van der Waals surface area contributed by atoms with Gasteiger partial charge in [-0.3, -0.25) is 9.59 Å². The summed E-state index contributed by atoms with van der Waals surface area (Å²) in [6.07, 6.45) is 7.60. The lowest BCUT2D eigenvalue weighted by Crippen LogP contribution is -2.64. The van der Waals surface area contributed by atoms with E-state index in [9.17, 15) is 14.7 Å². The zero-order valence-electron chi connectivity index (χ0n) is 14.2. The van der Waals surface area contributed by atoms with E-state index in [2.05, 4.69) is 0 Å². The molecule has 134 valence electrons. The molecule has 5 saturated carbocycles. The highest BCUT2D eigenvalue weighted by Gasteiger charge is 2.60. The van der Waals surface area contributed by atoms with Gasteiger partial charge in [0.1, 0.15) is 0 Å². The summed E-state index contributed by atoms with van der Waals surface area (Å²) < 4.78 is 0. The summed E-state index contributed by atoms with van der Waals surface area (Å²) in [6.45, 7) is 0.541. The van der Waals surface area contributed by atoms with Gasteiger partial charge < -0.3 is 21.5 Å². The molecule has 6 heteroatoms. The minimum Gasteiger partial charge on any atom is -0.390 e. The van der Waals surface area contributed by atoms with E-state index in [0.717, 1.165) is 44.9 Å². The van der Waals surface area contributed by atoms with E-state index in [0.29, 0.717) is 30.7 Å². The van der Waals surface area contributed by atoms with Crippen molar-refractivity contribution >= 4 is 11.8 Å². The van der Waals surface area contributed by atoms with Crippen molar-refractivity contribution in [1.82, 2.24) is 4.90 Å². The molecular weight excluding hydrogens is 306 g/mol. The van der Waals surface area contributed by atoms with Gasteiger partial charge in [0.25, 0.3) is 0 Å². The number of hydrogen-bond acceptors (Lipinski definition) is 4. The number of amides is 2. The van der Waals surface area contributed by atoms with Crippen molar-refractivity contribution in [2.24, 2.45) is 34.6 Å². The van der Waals surface area contributed by atoms with Gasteiger partial charge >= 0.3 is 0 Å². The van der Waals surface area contributed by atoms with Crippen molar-refractivity contribution in [2.45, 2.75) is 63.0 Å². The van der Waals surface area contributed by atoms with E-state index < -0.39 is 17.6 Å². The molecule has 4 bridgehead atoms. The Labute approximate surface area is 142 Å². The molecule has 0 heterocycles. The molecule has 5 aliphatic rings. The van der Waals surface area contributed by atoms with E-state index in [4.69, 9.17) is 11.5 Å². The van der Waals surface area contributed by atoms with Crippen LogP contribution in [0.5, 0.6) is 0 Å². The van der Waals surface area contributed by atoms with Crippen LogP contribution in [0.3, 0.4) is 0 Å². The molecule has 0 radical (unpaired) electrons. The van der Waals surface area contributed by atoms with Gasteiger partial charge in [0, 0.05) is 6.54 Å². The SMILES string of the molecule is NC(=O)CN(CC1CC1)C(=O)C(N)C12CC3CC(CC(O)(C3)C1)C2. The summed E-state index contributed by atoms with van der Waals surface area (Å²) in [7, 11) is 0. The van der Waals surface area contributed by atoms with Crippen LogP contribution >= 0.6 is 0 Å². The number of primary amides is 1. The number of rotatable bonds is 6. The van der Waals surface area contributed by atoms with Crippen LogP contribution in [0.25, 0.3) is 0 Å². The lowest BCUT2D eigenvalue weighted by atomic mass is 9.46. The molecule has 0 aromatic carbocycles. The number of nitrogens with zero attached hydrogens (tertiary/aromatic N) is 1. The third kappa shape index (κ3) is 2.84. The molecule has 5 rings (SSSR count). The highest BCUT2D eigenvalue weighted by atomic mass is 16.3. The minimum absolute atomic E-state index is 0.0454. The molecule has 5 N–H and O–H groups in total. The van der Waals surface area contributed by atoms with Crippen LogP contribution in [0.4, 0.5) is 0 Å². The lowest BCUT2D eigenvalue weighted by molar-refractivity contribution is -0.177. The molecule has 5 aliphatic carbocycles. The summed E-state index contributed by atoms with van der Waals surface area (Å²) in [5, 5.41) is 10.9. The third-order valence-electron chi connectivity index (χ3n) is 6.84. The topological polar surface area (TPSA) is 110 Å². The predicted molar refractivity (Wildman–Crippen MR) is 88.5 cm³/mol. The van der Waals surface area contributed by atoms with Crippen LogP contribution in [0, 0.1) is 23.2 Å². The van der Waals surface area contributed by atoms with Gasteiger partial charge in [0.2, 0.25) is 11.8 Å². The molecule has 2 amide bonds. The van der Waals surface area contributed by atoms with E-state index in [1.165, 1.54) is 0 Å². The van der Waals surface area contributed by atoms with Crippen LogP contribution in [-0.2, 0) is 9.59 Å². The predicted octanol–water partition coefficient (Wildman–Crippen LogP) is 0.369. The fourth-order valence-electron chi connectivity index (χ4n) is 6.14. The maximum atomic E-state index is 13.1. The van der Waals surface area contributed by atoms with Gasteiger partial charge in [-0.15, -0.1) is 0 Å². The maximum absolute atomic E-state index is 13.1. The Hall–Kier alpha value is -1.14. The molecule has 0 aromatic rings. The molecule has 0 saturated heterocycles. The first kappa shape index (κ1) is 16.3. The molecule has 3 atom stereocenters. The van der Waals surface area contributed by atoms with Gasteiger partial charge in [-0.05, 0) is 74.5 Å². The lowest BCUT2D eigenvalue weighted by Gasteiger charge is -2.61. The second kappa shape index (κ2) is 5.43. The Bertz CT molecular complexity index is 546. The zero-order valence-corrected chi connectivity index (χ0v) is 14.2. The second-order valence-corrected chi connectivity index (χ2v) is 9.15. The van der Waals surface area contributed by atoms with Crippen molar-refractivity contribution in [1.29, 1.82) is 0 Å². The Morgan fingerprint density at radius 3 is 2.29 bits per heavy atom. The quantitative estimate of drug-likeness (QED) is 0.651. The van der Waals surface area contributed by atoms with Gasteiger partial charge in [0.05, 0.1) is 18.2 Å². The first-order valence-electron chi connectivity index (χ1n) is 9.34. The number of carbonyl (C=O) groups excluding carboxylic acids is 2. The Morgan fingerprint density at radius 1 is 1.17 bits per heavy atom. The van der Waals surface area contributed by atoms with E-state index >= 15 is 0 Å². The minimum atomic E-state index is -0.632. The highest BCUT2D eigenvalue weighted by molar-refractivity contribution is 5.87. The Balaban J connectivity index is 1.54. The monoisotopic (exact) mass is 335 g/mol. The van der Waals surface area contributed by atoms with Crippen molar-refractivity contribution in [2.75, 3.05) is 13.1 Å². The summed E-state index contributed by atoms with van der Waals surface area (Å²) in [6, 6.07) is -0.631. The first-order chi connectivity index (χ1) is 11.3. The average Bonchev–Trinajstić information content (AvgIpc) is 3.26. The zero-order chi connectivity index (χ0) is 17.1. The fourth-order valence-corrected chi connectivity index (χ4v) is 6.14. The number of nitrogens with two attached hydrogens (primary N) is 2. The van der Waals surface area contributed by atoms with Crippen LogP contribution in [0.2, 0.25) is 0 Å². The van der Waals surface area contributed by atoms with Crippen LogP contribution in [-0.4, -0.2) is 46.6 Å². The normalized spacial score (nSPS) is 41.2. The van der Waals surface area contributed by atoms with Crippen molar-refractivity contribution < 1.29 is 14.7 Å². The van der Waals surface area contributed by atoms with Gasteiger partial charge in [-0.25, -0.2) is 0 Å². The van der Waals surface area contributed by atoms with E-state index in [1.807, 2.05) is 0 Å². The van der Waals surface area contributed by atoms with Crippen molar-refractivity contribution in [3.63, 3.8) is 0 Å². The molecule has 24 heavy (non-hydrogen) atoms. The molecule has 6 nitrogen and oxygen atoms in total. The van der Waals surface area contributed by atoms with Crippen LogP contribution < -0.4 is 11.5 Å². The van der Waals surface area contributed by atoms with Crippen LogP contribution in [0.15, 0.2) is 0 Å². The molecular formula is C18H29N3O3. The molecule has 0 spiro atoms. The highest BCUT2D eigenvalue weighted by Crippen LogP contribution is 2.62. The number of hydrogen-bond donors (Lipinski definition) is 3. The van der Waals surface area contributed by atoms with Crippen molar-refractivity contribution in [3.05, 3.63) is 0 Å². The summed E-state index contributed by atoms with van der Waals surface area (Å²) in [5.41, 5.74) is 10.9. The number of carbonyl (C=O) groups is 2. The largest absolute Gasteiger partial charge is 0.390 e. The molecule has 0 aromatic heterocycles. The summed E-state index contributed by atoms with van der Waals surface area (Å²) in [5.74, 6) is 0.832. The number of aliphatic hydroxyl groups is 1. The van der Waals surface area contributed by atoms with Gasteiger partial charge in [-0.2, -0.15) is 0 Å². The average molecular weight is 335 g/mol.